The number of imide groups is 1. The molecule has 158 valence electrons. The van der Waals surface area contributed by atoms with Crippen LogP contribution in [0.5, 0.6) is 0 Å². The van der Waals surface area contributed by atoms with Crippen LogP contribution in [0, 0.1) is 0 Å². The van der Waals surface area contributed by atoms with Gasteiger partial charge in [-0.2, -0.15) is 0 Å². The van der Waals surface area contributed by atoms with E-state index in [2.05, 4.69) is 0 Å². The van der Waals surface area contributed by atoms with Crippen molar-refractivity contribution in [2.75, 3.05) is 58.9 Å². The van der Waals surface area contributed by atoms with Crippen LogP contribution in [0.3, 0.4) is 0 Å². The molecule has 0 spiro atoms. The Balaban J connectivity index is 1.96. The molecule has 2 heterocycles. The predicted octanol–water partition coefficient (Wildman–Crippen LogP) is -3.09. The average Bonchev–Trinajstić information content (AvgIpc) is 2.95. The summed E-state index contributed by atoms with van der Waals surface area (Å²) in [5.41, 5.74) is 0. The zero-order chi connectivity index (χ0) is 20.7. The highest BCUT2D eigenvalue weighted by molar-refractivity contribution is 6.01. The minimum absolute atomic E-state index is 0.00399. The molecule has 2 rings (SSSR count). The van der Waals surface area contributed by atoms with E-state index in [1.807, 2.05) is 0 Å². The zero-order valence-electron chi connectivity index (χ0n) is 15.5. The van der Waals surface area contributed by atoms with Crippen LogP contribution in [0.15, 0.2) is 0 Å². The Bertz CT molecular complexity index is 583. The highest BCUT2D eigenvalue weighted by atomic mass is 16.7. The van der Waals surface area contributed by atoms with E-state index >= 15 is 0 Å². The van der Waals surface area contributed by atoms with E-state index in [0.717, 1.165) is 0 Å². The third-order valence-electron chi connectivity index (χ3n) is 4.53. The quantitative estimate of drug-likeness (QED) is 0.293. The number of hydrogen-bond donors (Lipinski definition) is 3. The number of aliphatic hydroxyl groups excluding tert-OH is 1. The first-order valence-electron chi connectivity index (χ1n) is 9.06. The molecule has 0 radical (unpaired) electrons. The molecule has 0 aliphatic carbocycles. The molecule has 0 aromatic rings. The first-order chi connectivity index (χ1) is 13.2. The Morgan fingerprint density at radius 2 is 1.32 bits per heavy atom. The maximum absolute atomic E-state index is 12.1. The first-order valence-corrected chi connectivity index (χ1v) is 9.06. The number of rotatable bonds is 7. The number of carbonyl (C=O) groups excluding carboxylic acids is 3. The summed E-state index contributed by atoms with van der Waals surface area (Å²) < 4.78 is 0. The molecular weight excluding hydrogens is 376 g/mol. The molecule has 2 saturated heterocycles. The SMILES string of the molecule is O=C(O)CN1CCN(CC(=O)ON2C(=O)CCC2=O)CCN(CC(O)O)CC1. The summed E-state index contributed by atoms with van der Waals surface area (Å²) in [7, 11) is 0. The second-order valence-corrected chi connectivity index (χ2v) is 6.77. The third-order valence-corrected chi connectivity index (χ3v) is 4.53. The predicted molar refractivity (Wildman–Crippen MR) is 92.4 cm³/mol. The zero-order valence-corrected chi connectivity index (χ0v) is 15.5. The van der Waals surface area contributed by atoms with Gasteiger partial charge in [-0.3, -0.25) is 29.1 Å². The molecule has 28 heavy (non-hydrogen) atoms. The van der Waals surface area contributed by atoms with E-state index in [9.17, 15) is 29.4 Å². The highest BCUT2D eigenvalue weighted by Crippen LogP contribution is 2.12. The molecule has 0 unspecified atom stereocenters. The van der Waals surface area contributed by atoms with Gasteiger partial charge < -0.3 is 20.2 Å². The highest BCUT2D eigenvalue weighted by Gasteiger charge is 2.33. The normalized spacial score (nSPS) is 20.9. The molecule has 0 bridgehead atoms. The minimum atomic E-state index is -1.53. The summed E-state index contributed by atoms with van der Waals surface area (Å²) >= 11 is 0. The number of carboxylic acids is 1. The number of nitrogens with zero attached hydrogens (tertiary/aromatic N) is 4. The van der Waals surface area contributed by atoms with Crippen LogP contribution in [-0.2, 0) is 24.0 Å². The maximum atomic E-state index is 12.1. The second-order valence-electron chi connectivity index (χ2n) is 6.77. The number of carbonyl (C=O) groups is 4. The van der Waals surface area contributed by atoms with Gasteiger partial charge in [0.15, 0.2) is 6.29 Å². The fourth-order valence-electron chi connectivity index (χ4n) is 3.08. The summed E-state index contributed by atoms with van der Waals surface area (Å²) in [6.45, 7) is 2.08. The summed E-state index contributed by atoms with van der Waals surface area (Å²) in [5, 5.41) is 28.0. The number of aliphatic carboxylic acids is 1. The van der Waals surface area contributed by atoms with Gasteiger partial charge >= 0.3 is 11.9 Å². The number of carboxylic acid groups (broad SMARTS) is 1. The van der Waals surface area contributed by atoms with Crippen molar-refractivity contribution in [3.8, 4) is 0 Å². The molecule has 3 N–H and O–H groups in total. The smallest absolute Gasteiger partial charge is 0.347 e. The lowest BCUT2D eigenvalue weighted by Crippen LogP contribution is -2.43. The van der Waals surface area contributed by atoms with Crippen molar-refractivity contribution in [2.45, 2.75) is 19.1 Å². The van der Waals surface area contributed by atoms with Crippen molar-refractivity contribution in [3.05, 3.63) is 0 Å². The van der Waals surface area contributed by atoms with Gasteiger partial charge in [-0.25, -0.2) is 4.79 Å². The molecule has 2 amide bonds. The van der Waals surface area contributed by atoms with Crippen molar-refractivity contribution in [1.29, 1.82) is 0 Å². The van der Waals surface area contributed by atoms with Gasteiger partial charge in [0.25, 0.3) is 11.8 Å². The van der Waals surface area contributed by atoms with Crippen LogP contribution in [-0.4, -0.2) is 124 Å². The maximum Gasteiger partial charge on any atom is 0.347 e. The average molecular weight is 402 g/mol. The number of amides is 2. The summed E-state index contributed by atoms with van der Waals surface area (Å²) in [5.74, 6) is -2.86. The molecule has 0 saturated carbocycles. The summed E-state index contributed by atoms with van der Waals surface area (Å²) in [6, 6.07) is 0. The van der Waals surface area contributed by atoms with E-state index < -0.39 is 30.0 Å². The molecule has 12 heteroatoms. The van der Waals surface area contributed by atoms with Gasteiger partial charge in [0.1, 0.15) is 0 Å². The van der Waals surface area contributed by atoms with Crippen LogP contribution < -0.4 is 0 Å². The van der Waals surface area contributed by atoms with Crippen LogP contribution in [0.25, 0.3) is 0 Å². The Hall–Kier alpha value is -2.12. The van der Waals surface area contributed by atoms with E-state index in [1.54, 1.807) is 14.7 Å². The van der Waals surface area contributed by atoms with Crippen molar-refractivity contribution < 1.29 is 39.3 Å². The molecular formula is C16H26N4O8. The van der Waals surface area contributed by atoms with E-state index in [0.29, 0.717) is 44.3 Å². The van der Waals surface area contributed by atoms with Crippen molar-refractivity contribution in [3.63, 3.8) is 0 Å². The van der Waals surface area contributed by atoms with E-state index in [4.69, 9.17) is 9.94 Å². The van der Waals surface area contributed by atoms with Gasteiger partial charge in [-0.05, 0) is 0 Å². The van der Waals surface area contributed by atoms with E-state index in [1.165, 1.54) is 0 Å². The Morgan fingerprint density at radius 1 is 0.857 bits per heavy atom. The van der Waals surface area contributed by atoms with Crippen molar-refractivity contribution in [2.24, 2.45) is 0 Å². The van der Waals surface area contributed by atoms with Gasteiger partial charge in [-0.15, -0.1) is 5.06 Å². The van der Waals surface area contributed by atoms with Crippen LogP contribution in [0.1, 0.15) is 12.8 Å². The summed E-state index contributed by atoms with van der Waals surface area (Å²) in [4.78, 5) is 56.3. The van der Waals surface area contributed by atoms with Crippen molar-refractivity contribution in [1.82, 2.24) is 19.8 Å². The lowest BCUT2D eigenvalue weighted by Gasteiger charge is -2.25. The van der Waals surface area contributed by atoms with Crippen molar-refractivity contribution >= 4 is 23.8 Å². The third kappa shape index (κ3) is 7.13. The first kappa shape index (κ1) is 22.2. The number of hydrogen-bond acceptors (Lipinski definition) is 10. The molecule has 0 aromatic carbocycles. The molecule has 2 aliphatic heterocycles. The number of aliphatic hydroxyl groups is 2. The molecule has 12 nitrogen and oxygen atoms in total. The Morgan fingerprint density at radius 3 is 1.79 bits per heavy atom. The van der Waals surface area contributed by atoms with Gasteiger partial charge in [0.05, 0.1) is 13.1 Å². The molecule has 2 fully saturated rings. The van der Waals surface area contributed by atoms with Gasteiger partial charge in [0, 0.05) is 58.7 Å². The lowest BCUT2D eigenvalue weighted by atomic mass is 10.4. The monoisotopic (exact) mass is 402 g/mol. The molecule has 2 aliphatic rings. The summed E-state index contributed by atoms with van der Waals surface area (Å²) in [6.07, 6.45) is -1.50. The topological polar surface area (TPSA) is 151 Å². The van der Waals surface area contributed by atoms with Gasteiger partial charge in [-0.1, -0.05) is 0 Å². The Kier molecular flexibility index (Phi) is 8.26. The van der Waals surface area contributed by atoms with E-state index in [-0.39, 0.29) is 32.5 Å². The van der Waals surface area contributed by atoms with Gasteiger partial charge in [0.2, 0.25) is 0 Å². The fourth-order valence-corrected chi connectivity index (χ4v) is 3.08. The van der Waals surface area contributed by atoms with Crippen LogP contribution in [0.4, 0.5) is 0 Å². The second kappa shape index (κ2) is 10.4. The number of β-amino-alcohol motifs (C(OH)–C–C–N with tert-alkyl or cyclic N) is 2. The molecule has 0 atom stereocenters. The largest absolute Gasteiger partial charge is 0.480 e. The minimum Gasteiger partial charge on any atom is -0.480 e. The van der Waals surface area contributed by atoms with Crippen LogP contribution in [0.2, 0.25) is 0 Å². The molecule has 0 aromatic heterocycles. The Labute approximate surface area is 161 Å². The fraction of sp³-hybridized carbons (Fsp3) is 0.750. The van der Waals surface area contributed by atoms with Crippen LogP contribution >= 0.6 is 0 Å². The standard InChI is InChI=1S/C16H26N4O8/c21-12-1-2-13(22)20(12)28-16(27)11-19-7-5-17(9-14(23)24)3-4-18(6-8-19)10-15(25)26/h14,23-24H,1-11H2,(H,25,26). The lowest BCUT2D eigenvalue weighted by molar-refractivity contribution is -0.198. The number of hydroxylamine groups is 2.